The molecule has 0 fully saturated rings. The largest absolute Gasteiger partial charge is 0.335 e. The Labute approximate surface area is 190 Å². The fourth-order valence-electron chi connectivity index (χ4n) is 4.91. The van der Waals surface area contributed by atoms with Crippen molar-refractivity contribution in [1.29, 1.82) is 0 Å². The van der Waals surface area contributed by atoms with Crippen LogP contribution in [0, 0.1) is 0 Å². The summed E-state index contributed by atoms with van der Waals surface area (Å²) in [4.78, 5) is 35.3. The maximum absolute atomic E-state index is 4.97. The average Bonchev–Trinajstić information content (AvgIpc) is 3.55. The third-order valence-corrected chi connectivity index (χ3v) is 6.36. The van der Waals surface area contributed by atoms with Gasteiger partial charge in [-0.2, -0.15) is 0 Å². The van der Waals surface area contributed by atoms with Crippen LogP contribution < -0.4 is 0 Å². The molecule has 0 aliphatic carbocycles. The van der Waals surface area contributed by atoms with E-state index >= 15 is 0 Å². The fourth-order valence-corrected chi connectivity index (χ4v) is 4.91. The molecule has 0 bridgehead atoms. The van der Waals surface area contributed by atoms with Gasteiger partial charge in [-0.1, -0.05) is 0 Å². The van der Waals surface area contributed by atoms with Gasteiger partial charge in [-0.05, 0) is 48.5 Å². The molecule has 0 aliphatic heterocycles. The van der Waals surface area contributed by atoms with Crippen molar-refractivity contribution in [2.24, 2.45) is 0 Å². The van der Waals surface area contributed by atoms with Gasteiger partial charge < -0.3 is 9.97 Å². The molecule has 0 saturated carbocycles. The molecule has 0 saturated heterocycles. The Hall–Kier alpha value is -4.98. The van der Waals surface area contributed by atoms with E-state index in [0.29, 0.717) is 11.6 Å². The lowest BCUT2D eigenvalue weighted by molar-refractivity contribution is 1.23. The summed E-state index contributed by atoms with van der Waals surface area (Å²) in [5.74, 6) is 1.31. The highest BCUT2D eigenvalue weighted by Crippen LogP contribution is 2.35. The summed E-state index contributed by atoms with van der Waals surface area (Å²) in [5, 5.41) is 3.85. The number of rotatable bonds is 1. The van der Waals surface area contributed by atoms with E-state index in [4.69, 9.17) is 9.97 Å². The molecule has 8 heteroatoms. The third kappa shape index (κ3) is 2.21. The molecule has 34 heavy (non-hydrogen) atoms. The molecule has 0 amide bonds. The second kappa shape index (κ2) is 6.29. The topological polar surface area (TPSA) is 109 Å². The fraction of sp³-hybridized carbons (Fsp3) is 0. The smallest absolute Gasteiger partial charge is 0.174 e. The van der Waals surface area contributed by atoms with E-state index in [-0.39, 0.29) is 0 Å². The number of pyridine rings is 4. The molecule has 0 spiro atoms. The predicted octanol–water partition coefficient (Wildman–Crippen LogP) is 5.30. The molecule has 0 atom stereocenters. The Bertz CT molecular complexity index is 1790. The lowest BCUT2D eigenvalue weighted by Crippen LogP contribution is -1.86. The zero-order chi connectivity index (χ0) is 22.2. The molecule has 6 aromatic heterocycles. The van der Waals surface area contributed by atoms with Crippen LogP contribution in [0.4, 0.5) is 0 Å². The molecule has 6 heterocycles. The number of aromatic amines is 2. The van der Waals surface area contributed by atoms with Crippen LogP contribution in [0.1, 0.15) is 0 Å². The van der Waals surface area contributed by atoms with Gasteiger partial charge in [0.15, 0.2) is 11.6 Å². The second-order valence-electron chi connectivity index (χ2n) is 8.22. The molecule has 8 nitrogen and oxygen atoms in total. The number of nitrogens with zero attached hydrogens (tertiary/aromatic N) is 6. The van der Waals surface area contributed by atoms with Gasteiger partial charge in [0.2, 0.25) is 0 Å². The van der Waals surface area contributed by atoms with Crippen molar-refractivity contribution in [2.45, 2.75) is 0 Å². The first-order valence-corrected chi connectivity index (χ1v) is 10.9. The van der Waals surface area contributed by atoms with Crippen molar-refractivity contribution >= 4 is 65.7 Å². The first kappa shape index (κ1) is 17.6. The summed E-state index contributed by atoms with van der Waals surface area (Å²) in [6.45, 7) is 0. The van der Waals surface area contributed by atoms with Crippen LogP contribution in [-0.2, 0) is 0 Å². The van der Waals surface area contributed by atoms with Gasteiger partial charge in [-0.15, -0.1) is 0 Å². The maximum Gasteiger partial charge on any atom is 0.174 e. The average molecular weight is 438 g/mol. The number of hydrogen-bond donors (Lipinski definition) is 2. The van der Waals surface area contributed by atoms with Crippen LogP contribution in [0.25, 0.3) is 77.3 Å². The zero-order valence-electron chi connectivity index (χ0n) is 17.6. The third-order valence-electron chi connectivity index (χ3n) is 6.36. The second-order valence-corrected chi connectivity index (χ2v) is 8.22. The number of fused-ring (bicyclic) bond motifs is 12. The summed E-state index contributed by atoms with van der Waals surface area (Å²) >= 11 is 0. The van der Waals surface area contributed by atoms with E-state index in [1.165, 1.54) is 0 Å². The Morgan fingerprint density at radius 1 is 0.412 bits per heavy atom. The van der Waals surface area contributed by atoms with Gasteiger partial charge in [0.25, 0.3) is 0 Å². The highest BCUT2D eigenvalue weighted by molar-refractivity contribution is 6.22. The van der Waals surface area contributed by atoms with Crippen molar-refractivity contribution in [3.05, 3.63) is 73.3 Å². The first-order chi connectivity index (χ1) is 16.9. The SMILES string of the molecule is c1cnc2c(c1)c1nc(-c3nc4c5cccnc5c5ncccc5c4[nH]3)[nH]c1c1cccnc12. The van der Waals surface area contributed by atoms with Gasteiger partial charge in [0.1, 0.15) is 0 Å². The standard InChI is InChI=1S/C26H14N8/c1-5-13-17(27-9-1)18-14(6-2-10-28-18)22-21(13)31-25(32-22)26-33-23-15-7-3-11-29-19(15)20-16(24(23)34-26)8-4-12-30-20/h1-12H,(H,31,32)(H,33,34). The van der Waals surface area contributed by atoms with Crippen LogP contribution in [0.2, 0.25) is 0 Å². The number of benzene rings is 2. The lowest BCUT2D eigenvalue weighted by Gasteiger charge is -2.03. The summed E-state index contributed by atoms with van der Waals surface area (Å²) < 4.78 is 0. The molecular formula is C26H14N8. The monoisotopic (exact) mass is 438 g/mol. The molecule has 0 aliphatic rings. The Balaban J connectivity index is 1.49. The highest BCUT2D eigenvalue weighted by Gasteiger charge is 2.19. The number of H-pyrrole nitrogens is 2. The van der Waals surface area contributed by atoms with Gasteiger partial charge in [-0.3, -0.25) is 19.9 Å². The molecule has 8 aromatic rings. The molecule has 8 rings (SSSR count). The van der Waals surface area contributed by atoms with E-state index in [9.17, 15) is 0 Å². The Morgan fingerprint density at radius 2 is 0.765 bits per heavy atom. The van der Waals surface area contributed by atoms with Crippen molar-refractivity contribution in [2.75, 3.05) is 0 Å². The lowest BCUT2D eigenvalue weighted by atomic mass is 10.1. The van der Waals surface area contributed by atoms with E-state index in [2.05, 4.69) is 29.9 Å². The maximum atomic E-state index is 4.97. The normalized spacial score (nSPS) is 12.1. The first-order valence-electron chi connectivity index (χ1n) is 10.9. The Kier molecular flexibility index (Phi) is 3.25. The predicted molar refractivity (Wildman–Crippen MR) is 132 cm³/mol. The van der Waals surface area contributed by atoms with E-state index in [0.717, 1.165) is 65.7 Å². The van der Waals surface area contributed by atoms with Gasteiger partial charge >= 0.3 is 0 Å². The highest BCUT2D eigenvalue weighted by atomic mass is 15.0. The molecule has 2 N–H and O–H groups in total. The molecule has 2 aromatic carbocycles. The van der Waals surface area contributed by atoms with E-state index < -0.39 is 0 Å². The molecule has 0 unspecified atom stereocenters. The summed E-state index contributed by atoms with van der Waals surface area (Å²) in [6, 6.07) is 15.8. The van der Waals surface area contributed by atoms with Crippen LogP contribution in [-0.4, -0.2) is 39.9 Å². The minimum Gasteiger partial charge on any atom is -0.335 e. The quantitative estimate of drug-likeness (QED) is 0.337. The summed E-state index contributed by atoms with van der Waals surface area (Å²) in [5.41, 5.74) is 6.88. The number of hydrogen-bond acceptors (Lipinski definition) is 6. The minimum absolute atomic E-state index is 0.654. The molecular weight excluding hydrogens is 424 g/mol. The van der Waals surface area contributed by atoms with Gasteiger partial charge in [-0.25, -0.2) is 9.97 Å². The van der Waals surface area contributed by atoms with Crippen molar-refractivity contribution in [1.82, 2.24) is 39.9 Å². The number of imidazole rings is 2. The zero-order valence-corrected chi connectivity index (χ0v) is 17.6. The van der Waals surface area contributed by atoms with Crippen LogP contribution >= 0.6 is 0 Å². The van der Waals surface area contributed by atoms with E-state index in [1.54, 1.807) is 24.8 Å². The molecule has 0 radical (unpaired) electrons. The molecule has 158 valence electrons. The van der Waals surface area contributed by atoms with Crippen LogP contribution in [0.15, 0.2) is 73.3 Å². The summed E-state index contributed by atoms with van der Waals surface area (Å²) in [7, 11) is 0. The van der Waals surface area contributed by atoms with E-state index in [1.807, 2.05) is 48.5 Å². The van der Waals surface area contributed by atoms with Gasteiger partial charge in [0.05, 0.1) is 44.1 Å². The van der Waals surface area contributed by atoms with Crippen molar-refractivity contribution in [3.63, 3.8) is 0 Å². The van der Waals surface area contributed by atoms with Crippen molar-refractivity contribution in [3.8, 4) is 11.6 Å². The number of aromatic nitrogens is 8. The van der Waals surface area contributed by atoms with Gasteiger partial charge in [0, 0.05) is 46.3 Å². The summed E-state index contributed by atoms with van der Waals surface area (Å²) in [6.07, 6.45) is 7.15. The Morgan fingerprint density at radius 3 is 1.18 bits per heavy atom. The van der Waals surface area contributed by atoms with Crippen LogP contribution in [0.5, 0.6) is 0 Å². The van der Waals surface area contributed by atoms with Crippen molar-refractivity contribution < 1.29 is 0 Å². The number of nitrogens with one attached hydrogen (secondary N) is 2. The van der Waals surface area contributed by atoms with Crippen LogP contribution in [0.3, 0.4) is 0 Å². The minimum atomic E-state index is 0.654.